The van der Waals surface area contributed by atoms with E-state index in [1.54, 1.807) is 15.9 Å². The van der Waals surface area contributed by atoms with Gasteiger partial charge in [0.05, 0.1) is 0 Å². The van der Waals surface area contributed by atoms with Crippen LogP contribution >= 0.6 is 27.3 Å². The van der Waals surface area contributed by atoms with Gasteiger partial charge in [0.25, 0.3) is 5.56 Å². The average Bonchev–Trinajstić information content (AvgIpc) is 2.88. The Bertz CT molecular complexity index is 592. The molecule has 0 aliphatic heterocycles. The maximum atomic E-state index is 11.9. The smallest absolute Gasteiger partial charge is 0.253 e. The Morgan fingerprint density at radius 2 is 2.32 bits per heavy atom. The molecule has 0 aliphatic carbocycles. The van der Waals surface area contributed by atoms with E-state index in [1.165, 1.54) is 4.88 Å². The van der Waals surface area contributed by atoms with Crippen LogP contribution in [0.3, 0.4) is 0 Å². The molecular weight excluding hydrogens is 324 g/mol. The lowest BCUT2D eigenvalue weighted by atomic mass is 10.3. The zero-order valence-corrected chi connectivity index (χ0v) is 13.4. The summed E-state index contributed by atoms with van der Waals surface area (Å²) in [5.74, 6) is 0. The van der Waals surface area contributed by atoms with Crippen LogP contribution in [0, 0.1) is 6.92 Å². The van der Waals surface area contributed by atoms with Gasteiger partial charge in [0.2, 0.25) is 0 Å². The highest BCUT2D eigenvalue weighted by Crippen LogP contribution is 2.17. The molecule has 102 valence electrons. The van der Waals surface area contributed by atoms with Gasteiger partial charge in [-0.1, -0.05) is 6.07 Å². The van der Waals surface area contributed by atoms with Crippen LogP contribution in [0.5, 0.6) is 0 Å². The molecule has 0 bridgehead atoms. The molecular formula is C14H17BrN2OS. The largest absolute Gasteiger partial charge is 0.313 e. The Morgan fingerprint density at radius 3 is 3.00 bits per heavy atom. The van der Waals surface area contributed by atoms with Crippen LogP contribution < -0.4 is 10.9 Å². The van der Waals surface area contributed by atoms with Crippen LogP contribution in [0.4, 0.5) is 0 Å². The molecule has 2 rings (SSSR count). The van der Waals surface area contributed by atoms with Crippen molar-refractivity contribution >= 4 is 27.3 Å². The van der Waals surface area contributed by atoms with Gasteiger partial charge in [-0.25, -0.2) is 0 Å². The van der Waals surface area contributed by atoms with Crippen molar-refractivity contribution in [2.75, 3.05) is 6.54 Å². The van der Waals surface area contributed by atoms with Gasteiger partial charge in [0, 0.05) is 40.2 Å². The topological polar surface area (TPSA) is 34.0 Å². The van der Waals surface area contributed by atoms with Crippen molar-refractivity contribution in [2.45, 2.75) is 26.4 Å². The number of pyridine rings is 1. The monoisotopic (exact) mass is 340 g/mol. The van der Waals surface area contributed by atoms with Crippen LogP contribution in [0.1, 0.15) is 23.4 Å². The Labute approximate surface area is 125 Å². The fourth-order valence-electron chi connectivity index (χ4n) is 1.95. The molecule has 0 saturated carbocycles. The van der Waals surface area contributed by atoms with Gasteiger partial charge < -0.3 is 9.88 Å². The van der Waals surface area contributed by atoms with Gasteiger partial charge >= 0.3 is 0 Å². The third-order valence-electron chi connectivity index (χ3n) is 3.00. The summed E-state index contributed by atoms with van der Waals surface area (Å²) in [4.78, 5) is 13.3. The molecule has 1 unspecified atom stereocenters. The molecule has 0 spiro atoms. The maximum Gasteiger partial charge on any atom is 0.253 e. The quantitative estimate of drug-likeness (QED) is 0.905. The molecule has 0 radical (unpaired) electrons. The third-order valence-corrected chi connectivity index (χ3v) is 4.49. The number of nitrogens with zero attached hydrogens (tertiary/aromatic N) is 1. The summed E-state index contributed by atoms with van der Waals surface area (Å²) in [6.07, 6.45) is 1.84. The van der Waals surface area contributed by atoms with E-state index in [4.69, 9.17) is 0 Å². The van der Waals surface area contributed by atoms with Crippen molar-refractivity contribution in [2.24, 2.45) is 0 Å². The van der Waals surface area contributed by atoms with Gasteiger partial charge in [-0.15, -0.1) is 11.3 Å². The summed E-state index contributed by atoms with van der Waals surface area (Å²) >= 11 is 5.17. The van der Waals surface area contributed by atoms with Crippen molar-refractivity contribution in [1.82, 2.24) is 9.88 Å². The highest BCUT2D eigenvalue weighted by atomic mass is 79.9. The maximum absolute atomic E-state index is 11.9. The molecule has 0 saturated heterocycles. The molecule has 2 aromatic rings. The summed E-state index contributed by atoms with van der Waals surface area (Å²) in [5, 5.41) is 5.51. The Kier molecular flexibility index (Phi) is 4.96. The highest BCUT2D eigenvalue weighted by molar-refractivity contribution is 9.10. The first-order valence-corrected chi connectivity index (χ1v) is 7.88. The first-order valence-electron chi connectivity index (χ1n) is 6.21. The summed E-state index contributed by atoms with van der Waals surface area (Å²) in [7, 11) is 0. The molecule has 0 amide bonds. The minimum Gasteiger partial charge on any atom is -0.313 e. The van der Waals surface area contributed by atoms with E-state index in [0.717, 1.165) is 16.6 Å². The van der Waals surface area contributed by atoms with Crippen LogP contribution in [-0.4, -0.2) is 11.1 Å². The number of hydrogen-bond donors (Lipinski definition) is 1. The van der Waals surface area contributed by atoms with E-state index < -0.39 is 0 Å². The summed E-state index contributed by atoms with van der Waals surface area (Å²) < 4.78 is 2.68. The van der Waals surface area contributed by atoms with Crippen LogP contribution in [0.15, 0.2) is 39.0 Å². The van der Waals surface area contributed by atoms with Crippen molar-refractivity contribution in [1.29, 1.82) is 0 Å². The molecule has 1 atom stereocenters. The zero-order chi connectivity index (χ0) is 13.8. The van der Waals surface area contributed by atoms with Crippen molar-refractivity contribution in [3.05, 3.63) is 55.0 Å². The second-order valence-electron chi connectivity index (χ2n) is 4.53. The van der Waals surface area contributed by atoms with Crippen molar-refractivity contribution in [3.8, 4) is 0 Å². The van der Waals surface area contributed by atoms with E-state index in [9.17, 15) is 4.79 Å². The predicted octanol–water partition coefficient (Wildman–Crippen LogP) is 3.33. The molecule has 3 nitrogen and oxygen atoms in total. The normalized spacial score (nSPS) is 12.6. The van der Waals surface area contributed by atoms with Crippen LogP contribution in [0.2, 0.25) is 0 Å². The first kappa shape index (κ1) is 14.5. The number of rotatable bonds is 5. The van der Waals surface area contributed by atoms with Crippen molar-refractivity contribution in [3.63, 3.8) is 0 Å². The lowest BCUT2D eigenvalue weighted by Gasteiger charge is -2.13. The van der Waals surface area contributed by atoms with E-state index in [-0.39, 0.29) is 5.56 Å². The SMILES string of the molecule is Cc1cc(Br)cn(CCNC(C)c2cccs2)c1=O. The minimum absolute atomic E-state index is 0.0776. The van der Waals surface area contributed by atoms with Crippen molar-refractivity contribution < 1.29 is 0 Å². The lowest BCUT2D eigenvalue weighted by Crippen LogP contribution is -2.29. The van der Waals surface area contributed by atoms with Crippen LogP contribution in [-0.2, 0) is 6.54 Å². The summed E-state index contributed by atoms with van der Waals surface area (Å²) in [5.41, 5.74) is 0.842. The number of nitrogens with one attached hydrogen (secondary N) is 1. The summed E-state index contributed by atoms with van der Waals surface area (Å²) in [6.45, 7) is 5.43. The average molecular weight is 341 g/mol. The molecule has 2 heterocycles. The molecule has 0 fully saturated rings. The Balaban J connectivity index is 1.95. The predicted molar refractivity (Wildman–Crippen MR) is 83.9 cm³/mol. The number of hydrogen-bond acceptors (Lipinski definition) is 3. The van der Waals surface area contributed by atoms with Crippen LogP contribution in [0.25, 0.3) is 0 Å². The molecule has 0 aliphatic rings. The van der Waals surface area contributed by atoms with E-state index in [0.29, 0.717) is 12.6 Å². The van der Waals surface area contributed by atoms with Gasteiger partial charge in [-0.05, 0) is 47.3 Å². The first-order chi connectivity index (χ1) is 9.08. The van der Waals surface area contributed by atoms with Gasteiger partial charge in [-0.3, -0.25) is 4.79 Å². The van der Waals surface area contributed by atoms with E-state index >= 15 is 0 Å². The number of thiophene rings is 1. The number of aryl methyl sites for hydroxylation is 1. The van der Waals surface area contributed by atoms with E-state index in [2.05, 4.69) is 45.7 Å². The number of aromatic nitrogens is 1. The molecule has 2 aromatic heterocycles. The second-order valence-corrected chi connectivity index (χ2v) is 6.43. The minimum atomic E-state index is 0.0776. The molecule has 19 heavy (non-hydrogen) atoms. The lowest BCUT2D eigenvalue weighted by molar-refractivity contribution is 0.528. The third kappa shape index (κ3) is 3.78. The Hall–Kier alpha value is -0.910. The standard InChI is InChI=1S/C14H17BrN2OS/c1-10-8-12(15)9-17(14(10)18)6-5-16-11(2)13-4-3-7-19-13/h3-4,7-9,11,16H,5-6H2,1-2H3. The van der Waals surface area contributed by atoms with E-state index in [1.807, 2.05) is 19.2 Å². The Morgan fingerprint density at radius 1 is 1.53 bits per heavy atom. The van der Waals surface area contributed by atoms with Gasteiger partial charge in [0.1, 0.15) is 0 Å². The zero-order valence-electron chi connectivity index (χ0n) is 11.0. The summed E-state index contributed by atoms with van der Waals surface area (Å²) in [6, 6.07) is 6.35. The number of halogens is 1. The molecule has 1 N–H and O–H groups in total. The van der Waals surface area contributed by atoms with Gasteiger partial charge in [-0.2, -0.15) is 0 Å². The molecule has 5 heteroatoms. The highest BCUT2D eigenvalue weighted by Gasteiger charge is 2.06. The van der Waals surface area contributed by atoms with Gasteiger partial charge in [0.15, 0.2) is 0 Å². The fraction of sp³-hybridized carbons (Fsp3) is 0.357. The molecule has 0 aromatic carbocycles. The fourth-order valence-corrected chi connectivity index (χ4v) is 3.30. The second kappa shape index (κ2) is 6.50.